The standard InChI is InChI=1S/C26H30N2O5S/c1-5-33-18-12-10-17(11-13-18)28-23(29)20-21(24(28)30)26(14-15-34-4,25(31)32-3)27-22(20)19-9-7-6-8-16(19)2/h6-13,20-22,27H,5,14-15H2,1-4H3/t20-,21+,22-,26+/m0/s1. The van der Waals surface area contributed by atoms with Gasteiger partial charge in [-0.15, -0.1) is 0 Å². The summed E-state index contributed by atoms with van der Waals surface area (Å²) in [6.45, 7) is 4.38. The minimum absolute atomic E-state index is 0.310. The number of hydrogen-bond donors (Lipinski definition) is 1. The number of nitrogens with zero attached hydrogens (tertiary/aromatic N) is 1. The lowest BCUT2D eigenvalue weighted by Crippen LogP contribution is -2.56. The highest BCUT2D eigenvalue weighted by molar-refractivity contribution is 7.98. The lowest BCUT2D eigenvalue weighted by atomic mass is 9.77. The van der Waals surface area contributed by atoms with Gasteiger partial charge in [0, 0.05) is 6.04 Å². The maximum absolute atomic E-state index is 13.9. The quantitative estimate of drug-likeness (QED) is 0.455. The van der Waals surface area contributed by atoms with Gasteiger partial charge < -0.3 is 9.47 Å². The molecule has 0 spiro atoms. The van der Waals surface area contributed by atoms with Crippen molar-refractivity contribution in [3.05, 3.63) is 59.7 Å². The molecule has 2 saturated heterocycles. The molecule has 2 aliphatic rings. The van der Waals surface area contributed by atoms with Crippen LogP contribution in [0.3, 0.4) is 0 Å². The molecule has 34 heavy (non-hydrogen) atoms. The molecule has 2 aliphatic heterocycles. The Bertz CT molecular complexity index is 1090. The van der Waals surface area contributed by atoms with E-state index in [4.69, 9.17) is 9.47 Å². The predicted molar refractivity (Wildman–Crippen MR) is 132 cm³/mol. The zero-order valence-electron chi connectivity index (χ0n) is 19.9. The number of thioether (sulfide) groups is 1. The van der Waals surface area contributed by atoms with Crippen LogP contribution in [0.2, 0.25) is 0 Å². The van der Waals surface area contributed by atoms with Crippen molar-refractivity contribution in [3.8, 4) is 5.75 Å². The lowest BCUT2D eigenvalue weighted by molar-refractivity contribution is -0.152. The molecular formula is C26H30N2O5S. The number of benzene rings is 2. The van der Waals surface area contributed by atoms with Gasteiger partial charge in [0.25, 0.3) is 0 Å². The summed E-state index contributed by atoms with van der Waals surface area (Å²) in [5.74, 6) is -1.49. The predicted octanol–water partition coefficient (Wildman–Crippen LogP) is 3.51. The molecule has 4 rings (SSSR count). The first-order valence-electron chi connectivity index (χ1n) is 11.4. The first-order valence-corrected chi connectivity index (χ1v) is 12.8. The van der Waals surface area contributed by atoms with Gasteiger partial charge in [0.15, 0.2) is 0 Å². The van der Waals surface area contributed by atoms with Crippen LogP contribution >= 0.6 is 11.8 Å². The molecule has 4 atom stereocenters. The van der Waals surface area contributed by atoms with Crippen molar-refractivity contribution in [1.82, 2.24) is 5.32 Å². The van der Waals surface area contributed by atoms with Gasteiger partial charge in [-0.25, -0.2) is 4.90 Å². The van der Waals surface area contributed by atoms with Crippen molar-refractivity contribution in [2.45, 2.75) is 31.8 Å². The SMILES string of the molecule is CCOc1ccc(N2C(=O)[C@@H]3[C@H](c4ccccc4C)N[C@@](CCSC)(C(=O)OC)[C@H]3C2=O)cc1. The number of methoxy groups -OCH3 is 1. The zero-order chi connectivity index (χ0) is 24.5. The molecule has 2 fully saturated rings. The van der Waals surface area contributed by atoms with E-state index >= 15 is 0 Å². The van der Waals surface area contributed by atoms with Gasteiger partial charge in [-0.05, 0) is 67.7 Å². The monoisotopic (exact) mass is 482 g/mol. The molecule has 1 N–H and O–H groups in total. The second kappa shape index (κ2) is 9.80. The number of nitrogens with one attached hydrogen (secondary N) is 1. The number of carbonyl (C=O) groups is 3. The van der Waals surface area contributed by atoms with Gasteiger partial charge in [-0.2, -0.15) is 11.8 Å². The highest BCUT2D eigenvalue weighted by atomic mass is 32.2. The maximum atomic E-state index is 13.9. The Morgan fingerprint density at radius 1 is 1.12 bits per heavy atom. The van der Waals surface area contributed by atoms with E-state index in [2.05, 4.69) is 5.32 Å². The molecule has 2 aromatic rings. The Kier molecular flexibility index (Phi) is 7.00. The third-order valence-corrected chi connectivity index (χ3v) is 7.45. The third kappa shape index (κ3) is 3.88. The number of rotatable bonds is 8. The molecule has 0 saturated carbocycles. The molecular weight excluding hydrogens is 452 g/mol. The van der Waals surface area contributed by atoms with Crippen LogP contribution in [0.5, 0.6) is 5.75 Å². The summed E-state index contributed by atoms with van der Waals surface area (Å²) in [5.41, 5.74) is 1.08. The van der Waals surface area contributed by atoms with Crippen molar-refractivity contribution in [2.24, 2.45) is 11.8 Å². The molecule has 180 valence electrons. The van der Waals surface area contributed by atoms with Crippen LogP contribution in [-0.2, 0) is 19.1 Å². The van der Waals surface area contributed by atoms with Crippen molar-refractivity contribution in [1.29, 1.82) is 0 Å². The highest BCUT2D eigenvalue weighted by Gasteiger charge is 2.68. The fourth-order valence-corrected chi connectivity index (χ4v) is 5.81. The van der Waals surface area contributed by atoms with Crippen LogP contribution < -0.4 is 15.0 Å². The van der Waals surface area contributed by atoms with Crippen molar-refractivity contribution in [2.75, 3.05) is 30.6 Å². The smallest absolute Gasteiger partial charge is 0.326 e. The lowest BCUT2D eigenvalue weighted by Gasteiger charge is -2.32. The summed E-state index contributed by atoms with van der Waals surface area (Å²) in [4.78, 5) is 42.2. The topological polar surface area (TPSA) is 84.9 Å². The summed E-state index contributed by atoms with van der Waals surface area (Å²) >= 11 is 1.58. The molecule has 2 heterocycles. The Morgan fingerprint density at radius 2 is 1.82 bits per heavy atom. The van der Waals surface area contributed by atoms with Gasteiger partial charge in [0.2, 0.25) is 11.8 Å². The molecule has 0 radical (unpaired) electrons. The number of fused-ring (bicyclic) bond motifs is 1. The highest BCUT2D eigenvalue weighted by Crippen LogP contribution is 2.52. The zero-order valence-corrected chi connectivity index (χ0v) is 20.7. The molecule has 2 aromatic carbocycles. The number of carbonyl (C=O) groups excluding carboxylic acids is 3. The van der Waals surface area contributed by atoms with E-state index in [0.29, 0.717) is 30.2 Å². The van der Waals surface area contributed by atoms with Crippen molar-refractivity contribution < 1.29 is 23.9 Å². The van der Waals surface area contributed by atoms with Gasteiger partial charge in [0.1, 0.15) is 11.3 Å². The molecule has 0 aromatic heterocycles. The minimum atomic E-state index is -1.29. The summed E-state index contributed by atoms with van der Waals surface area (Å²) in [5, 5.41) is 3.43. The number of hydrogen-bond acceptors (Lipinski definition) is 7. The number of esters is 1. The fourth-order valence-electron chi connectivity index (χ4n) is 5.28. The van der Waals surface area contributed by atoms with Gasteiger partial charge in [-0.3, -0.25) is 19.7 Å². The maximum Gasteiger partial charge on any atom is 0.326 e. The van der Waals surface area contributed by atoms with Crippen LogP contribution in [-0.4, -0.2) is 49.0 Å². The van der Waals surface area contributed by atoms with Crippen LogP contribution in [0.25, 0.3) is 0 Å². The molecule has 0 unspecified atom stereocenters. The second-order valence-electron chi connectivity index (χ2n) is 8.63. The van der Waals surface area contributed by atoms with E-state index in [-0.39, 0.29) is 11.8 Å². The molecule has 2 amide bonds. The minimum Gasteiger partial charge on any atom is -0.494 e. The average Bonchev–Trinajstić information content (AvgIpc) is 3.32. The number of anilines is 1. The van der Waals surface area contributed by atoms with Gasteiger partial charge in [0.05, 0.1) is 31.2 Å². The Labute approximate surface area is 204 Å². The number of amides is 2. The largest absolute Gasteiger partial charge is 0.494 e. The molecule has 0 bridgehead atoms. The molecule has 8 heteroatoms. The van der Waals surface area contributed by atoms with E-state index in [1.807, 2.05) is 44.4 Å². The number of imide groups is 1. The first kappa shape index (κ1) is 24.3. The Morgan fingerprint density at radius 3 is 2.44 bits per heavy atom. The number of aryl methyl sites for hydroxylation is 1. The number of ether oxygens (including phenoxy) is 2. The van der Waals surface area contributed by atoms with Crippen molar-refractivity contribution >= 4 is 35.2 Å². The van der Waals surface area contributed by atoms with E-state index in [0.717, 1.165) is 11.1 Å². The van der Waals surface area contributed by atoms with E-state index in [1.165, 1.54) is 12.0 Å². The van der Waals surface area contributed by atoms with E-state index in [1.54, 1.807) is 36.0 Å². The summed E-state index contributed by atoms with van der Waals surface area (Å²) in [7, 11) is 1.33. The average molecular weight is 483 g/mol. The molecule has 0 aliphatic carbocycles. The van der Waals surface area contributed by atoms with Crippen LogP contribution in [0, 0.1) is 18.8 Å². The fraction of sp³-hybridized carbons (Fsp3) is 0.423. The molecule has 7 nitrogen and oxygen atoms in total. The third-order valence-electron chi connectivity index (χ3n) is 6.83. The van der Waals surface area contributed by atoms with E-state index < -0.39 is 29.4 Å². The van der Waals surface area contributed by atoms with Gasteiger partial charge in [-0.1, -0.05) is 24.3 Å². The van der Waals surface area contributed by atoms with Crippen LogP contribution in [0.4, 0.5) is 5.69 Å². The van der Waals surface area contributed by atoms with Crippen LogP contribution in [0.15, 0.2) is 48.5 Å². The Hall–Kier alpha value is -2.84. The summed E-state index contributed by atoms with van der Waals surface area (Å²) in [6.07, 6.45) is 2.32. The Balaban J connectivity index is 1.83. The van der Waals surface area contributed by atoms with E-state index in [9.17, 15) is 14.4 Å². The van der Waals surface area contributed by atoms with Crippen LogP contribution in [0.1, 0.15) is 30.5 Å². The summed E-state index contributed by atoms with van der Waals surface area (Å²) in [6, 6.07) is 14.2. The summed E-state index contributed by atoms with van der Waals surface area (Å²) < 4.78 is 10.7. The second-order valence-corrected chi connectivity index (χ2v) is 9.61. The normalized spacial score (nSPS) is 26.0. The first-order chi connectivity index (χ1) is 16.4. The van der Waals surface area contributed by atoms with Crippen molar-refractivity contribution in [3.63, 3.8) is 0 Å². The van der Waals surface area contributed by atoms with Gasteiger partial charge >= 0.3 is 5.97 Å².